The molecule has 1 heterocycles. The van der Waals surface area contributed by atoms with E-state index in [1.807, 2.05) is 0 Å². The molecule has 0 aliphatic heterocycles. The number of carbonyl (C=O) groups excluding carboxylic acids is 1. The van der Waals surface area contributed by atoms with Gasteiger partial charge in [0.15, 0.2) is 0 Å². The highest BCUT2D eigenvalue weighted by Crippen LogP contribution is 2.28. The zero-order valence-electron chi connectivity index (χ0n) is 8.78. The number of benzene rings is 1. The number of nitrogens with zero attached hydrogens (tertiary/aromatic N) is 3. The topological polar surface area (TPSA) is 111 Å². The van der Waals surface area contributed by atoms with Gasteiger partial charge in [0, 0.05) is 17.0 Å². The van der Waals surface area contributed by atoms with Crippen LogP contribution >= 0.6 is 0 Å². The third kappa shape index (κ3) is 2.05. The van der Waals surface area contributed by atoms with Gasteiger partial charge >= 0.3 is 5.69 Å². The molecule has 0 radical (unpaired) electrons. The predicted octanol–water partition coefficient (Wildman–Crippen LogP) is 1.13. The van der Waals surface area contributed by atoms with Gasteiger partial charge in [0.1, 0.15) is 11.8 Å². The van der Waals surface area contributed by atoms with E-state index in [0.717, 1.165) is 0 Å². The average Bonchev–Trinajstić information content (AvgIpc) is 2.75. The van der Waals surface area contributed by atoms with Gasteiger partial charge in [0.05, 0.1) is 11.0 Å². The quantitative estimate of drug-likeness (QED) is 0.481. The maximum Gasteiger partial charge on any atom is 0.318 e. The largest absolute Gasteiger partial charge is 0.376 e. The van der Waals surface area contributed by atoms with Crippen molar-refractivity contribution in [1.29, 1.82) is 0 Å². The first kappa shape index (κ1) is 11.0. The van der Waals surface area contributed by atoms with Crippen LogP contribution in [0.3, 0.4) is 0 Å². The zero-order chi connectivity index (χ0) is 12.4. The number of rotatable bonds is 4. The second-order valence-electron chi connectivity index (χ2n) is 3.44. The van der Waals surface area contributed by atoms with Gasteiger partial charge in [0.2, 0.25) is 0 Å². The first-order chi connectivity index (χ1) is 8.11. The van der Waals surface area contributed by atoms with Gasteiger partial charge in [-0.1, -0.05) is 0 Å². The van der Waals surface area contributed by atoms with Crippen molar-refractivity contribution in [1.82, 2.24) is 10.4 Å². The summed E-state index contributed by atoms with van der Waals surface area (Å²) >= 11 is 0. The number of anilines is 1. The van der Waals surface area contributed by atoms with Crippen LogP contribution in [-0.2, 0) is 4.79 Å². The van der Waals surface area contributed by atoms with Crippen molar-refractivity contribution >= 4 is 28.8 Å². The number of nitrogens with one attached hydrogen (secondary N) is 1. The fourth-order valence-electron chi connectivity index (χ4n) is 1.39. The standard InChI is InChI=1S/C9H8N4O4/c1-5(4-14)10-6-2-7-9(17-12-11-7)8(3-6)13(15)16/h2-5,10H,1H3. The number of nitro benzene ring substituents is 1. The molecule has 1 aromatic carbocycles. The Kier molecular flexibility index (Phi) is 2.69. The lowest BCUT2D eigenvalue weighted by Gasteiger charge is -2.07. The van der Waals surface area contributed by atoms with Crippen LogP contribution in [0.5, 0.6) is 0 Å². The third-order valence-electron chi connectivity index (χ3n) is 2.13. The molecule has 0 spiro atoms. The second-order valence-corrected chi connectivity index (χ2v) is 3.44. The molecular weight excluding hydrogens is 228 g/mol. The number of carbonyl (C=O) groups is 1. The summed E-state index contributed by atoms with van der Waals surface area (Å²) in [4.78, 5) is 20.7. The van der Waals surface area contributed by atoms with Crippen LogP contribution in [-0.4, -0.2) is 27.6 Å². The predicted molar refractivity (Wildman–Crippen MR) is 57.6 cm³/mol. The molecule has 0 fully saturated rings. The third-order valence-corrected chi connectivity index (χ3v) is 2.13. The number of nitro groups is 1. The van der Waals surface area contributed by atoms with Crippen LogP contribution in [0.15, 0.2) is 16.7 Å². The number of aldehydes is 1. The molecule has 8 heteroatoms. The molecule has 0 amide bonds. The van der Waals surface area contributed by atoms with Gasteiger partial charge in [-0.2, -0.15) is 0 Å². The average molecular weight is 236 g/mol. The lowest BCUT2D eigenvalue weighted by molar-refractivity contribution is -0.383. The number of aromatic nitrogens is 2. The summed E-state index contributed by atoms with van der Waals surface area (Å²) in [5, 5.41) is 20.5. The van der Waals surface area contributed by atoms with Crippen LogP contribution < -0.4 is 5.32 Å². The smallest absolute Gasteiger partial charge is 0.318 e. The maximum atomic E-state index is 10.8. The molecular formula is C9H8N4O4. The lowest BCUT2D eigenvalue weighted by atomic mass is 10.2. The molecule has 0 aliphatic carbocycles. The van der Waals surface area contributed by atoms with Crippen molar-refractivity contribution in [3.05, 3.63) is 22.2 Å². The van der Waals surface area contributed by atoms with Crippen LogP contribution in [0.4, 0.5) is 11.4 Å². The van der Waals surface area contributed by atoms with Crippen molar-refractivity contribution < 1.29 is 14.2 Å². The maximum absolute atomic E-state index is 10.8. The van der Waals surface area contributed by atoms with E-state index in [2.05, 4.69) is 15.7 Å². The Morgan fingerprint density at radius 1 is 1.59 bits per heavy atom. The number of fused-ring (bicyclic) bond motifs is 1. The molecule has 2 aromatic rings. The molecule has 1 aromatic heterocycles. The minimum absolute atomic E-state index is 0.0132. The molecule has 8 nitrogen and oxygen atoms in total. The number of hydrogen-bond donors (Lipinski definition) is 1. The zero-order valence-corrected chi connectivity index (χ0v) is 8.78. The highest BCUT2D eigenvalue weighted by atomic mass is 16.6. The summed E-state index contributed by atoms with van der Waals surface area (Å²) in [6.45, 7) is 1.63. The summed E-state index contributed by atoms with van der Waals surface area (Å²) in [6.07, 6.45) is 0.692. The Morgan fingerprint density at radius 2 is 2.35 bits per heavy atom. The van der Waals surface area contributed by atoms with Crippen LogP contribution in [0.2, 0.25) is 0 Å². The Bertz CT molecular complexity index is 579. The van der Waals surface area contributed by atoms with Crippen LogP contribution in [0.25, 0.3) is 11.1 Å². The van der Waals surface area contributed by atoms with E-state index in [9.17, 15) is 14.9 Å². The summed E-state index contributed by atoms with van der Waals surface area (Å²) in [5.41, 5.74) is 0.451. The number of hydrogen-bond acceptors (Lipinski definition) is 7. The Balaban J connectivity index is 2.51. The van der Waals surface area contributed by atoms with E-state index in [1.54, 1.807) is 6.92 Å². The van der Waals surface area contributed by atoms with E-state index in [0.29, 0.717) is 12.0 Å². The molecule has 88 valence electrons. The Hall–Kier alpha value is -2.51. The molecule has 0 aliphatic rings. The van der Waals surface area contributed by atoms with Crippen molar-refractivity contribution in [2.45, 2.75) is 13.0 Å². The molecule has 1 unspecified atom stereocenters. The van der Waals surface area contributed by atoms with E-state index in [4.69, 9.17) is 4.52 Å². The SMILES string of the molecule is CC(C=O)Nc1cc([N+](=O)[O-])c2onnc2c1. The molecule has 1 N–H and O–H groups in total. The fourth-order valence-corrected chi connectivity index (χ4v) is 1.39. The van der Waals surface area contributed by atoms with Crippen molar-refractivity contribution in [2.24, 2.45) is 0 Å². The first-order valence-electron chi connectivity index (χ1n) is 4.74. The van der Waals surface area contributed by atoms with Gasteiger partial charge in [-0.15, -0.1) is 5.10 Å². The molecule has 17 heavy (non-hydrogen) atoms. The monoisotopic (exact) mass is 236 g/mol. The molecule has 2 rings (SSSR count). The molecule has 1 atom stereocenters. The Morgan fingerprint density at radius 3 is 3.00 bits per heavy atom. The minimum atomic E-state index is -0.591. The molecule has 0 saturated heterocycles. The first-order valence-corrected chi connectivity index (χ1v) is 4.74. The fraction of sp³-hybridized carbons (Fsp3) is 0.222. The van der Waals surface area contributed by atoms with Crippen LogP contribution in [0, 0.1) is 10.1 Å². The Labute approximate surface area is 94.7 Å². The van der Waals surface area contributed by atoms with Gasteiger partial charge in [-0.25, -0.2) is 0 Å². The van der Waals surface area contributed by atoms with Gasteiger partial charge in [0.25, 0.3) is 5.58 Å². The second kappa shape index (κ2) is 4.16. The minimum Gasteiger partial charge on any atom is -0.376 e. The van der Waals surface area contributed by atoms with E-state index >= 15 is 0 Å². The lowest BCUT2D eigenvalue weighted by Crippen LogP contribution is -2.16. The van der Waals surface area contributed by atoms with Crippen molar-refractivity contribution in [2.75, 3.05) is 5.32 Å². The van der Waals surface area contributed by atoms with Gasteiger partial charge in [-0.05, 0) is 13.0 Å². The van der Waals surface area contributed by atoms with Crippen LogP contribution in [0.1, 0.15) is 6.92 Å². The summed E-state index contributed by atoms with van der Waals surface area (Å²) < 4.78 is 4.70. The van der Waals surface area contributed by atoms with Crippen molar-refractivity contribution in [3.63, 3.8) is 0 Å². The summed E-state index contributed by atoms with van der Waals surface area (Å²) in [7, 11) is 0. The van der Waals surface area contributed by atoms with Crippen molar-refractivity contribution in [3.8, 4) is 0 Å². The van der Waals surface area contributed by atoms with Gasteiger partial charge in [-0.3, -0.25) is 10.1 Å². The highest BCUT2D eigenvalue weighted by Gasteiger charge is 2.19. The summed E-state index contributed by atoms with van der Waals surface area (Å²) in [6, 6.07) is 2.35. The van der Waals surface area contributed by atoms with E-state index in [-0.39, 0.29) is 16.8 Å². The normalized spacial score (nSPS) is 12.3. The van der Waals surface area contributed by atoms with E-state index < -0.39 is 11.0 Å². The summed E-state index contributed by atoms with van der Waals surface area (Å²) in [5.74, 6) is 0. The van der Waals surface area contributed by atoms with E-state index in [1.165, 1.54) is 12.1 Å². The highest BCUT2D eigenvalue weighted by molar-refractivity contribution is 5.86. The molecule has 0 saturated carbocycles. The molecule has 0 bridgehead atoms. The number of non-ortho nitro benzene ring substituents is 1. The van der Waals surface area contributed by atoms with Gasteiger partial charge < -0.3 is 14.6 Å².